The van der Waals surface area contributed by atoms with Gasteiger partial charge in [-0.25, -0.2) is 0 Å². The molecule has 3 N–H and O–H groups in total. The first-order valence-corrected chi connectivity index (χ1v) is 7.31. The molecule has 2 unspecified atom stereocenters. The minimum absolute atomic E-state index is 0.0260. The highest BCUT2D eigenvalue weighted by Gasteiger charge is 2.19. The van der Waals surface area contributed by atoms with Crippen molar-refractivity contribution in [2.24, 2.45) is 0 Å². The average Bonchev–Trinajstić information content (AvgIpc) is 2.33. The third-order valence-electron chi connectivity index (χ3n) is 2.81. The van der Waals surface area contributed by atoms with Crippen LogP contribution in [0.25, 0.3) is 0 Å². The third-order valence-corrected chi connectivity index (χ3v) is 3.41. The number of ether oxygens (including phenoxy) is 1. The second kappa shape index (κ2) is 7.72. The number of rotatable bonds is 6. The van der Waals surface area contributed by atoms with Gasteiger partial charge in [0.05, 0.1) is 21.8 Å². The molecular formula is C14H20Cl2N2O2. The van der Waals surface area contributed by atoms with Gasteiger partial charge in [0.15, 0.2) is 0 Å². The van der Waals surface area contributed by atoms with Crippen molar-refractivity contribution < 1.29 is 9.53 Å². The maximum atomic E-state index is 12.1. The average molecular weight is 319 g/mol. The van der Waals surface area contributed by atoms with Crippen LogP contribution in [0, 0.1) is 0 Å². The largest absolute Gasteiger partial charge is 0.399 e. The van der Waals surface area contributed by atoms with Gasteiger partial charge in [-0.1, -0.05) is 36.5 Å². The molecule has 0 aromatic heterocycles. The van der Waals surface area contributed by atoms with Crippen molar-refractivity contribution in [3.8, 4) is 0 Å². The fraction of sp³-hybridized carbons (Fsp3) is 0.500. The lowest BCUT2D eigenvalue weighted by Crippen LogP contribution is -2.31. The van der Waals surface area contributed by atoms with E-state index in [-0.39, 0.29) is 12.0 Å². The SMILES string of the molecule is CCCC(C)OC(C)C(=O)Nc1c(Cl)cc(N)cc1Cl. The zero-order chi connectivity index (χ0) is 15.3. The molecule has 1 rings (SSSR count). The van der Waals surface area contributed by atoms with Crippen LogP contribution in [-0.2, 0) is 9.53 Å². The van der Waals surface area contributed by atoms with Crippen LogP contribution in [-0.4, -0.2) is 18.1 Å². The van der Waals surface area contributed by atoms with Crippen molar-refractivity contribution in [3.63, 3.8) is 0 Å². The molecule has 0 spiro atoms. The van der Waals surface area contributed by atoms with Crippen LogP contribution in [0.1, 0.15) is 33.6 Å². The highest BCUT2D eigenvalue weighted by Crippen LogP contribution is 2.32. The second-order valence-electron chi connectivity index (χ2n) is 4.73. The Hall–Kier alpha value is -0.970. The molecule has 0 radical (unpaired) electrons. The summed E-state index contributed by atoms with van der Waals surface area (Å²) in [5, 5.41) is 3.28. The smallest absolute Gasteiger partial charge is 0.253 e. The van der Waals surface area contributed by atoms with Gasteiger partial charge in [0.1, 0.15) is 6.10 Å². The normalized spacial score (nSPS) is 13.8. The van der Waals surface area contributed by atoms with Gasteiger partial charge in [0.25, 0.3) is 5.91 Å². The van der Waals surface area contributed by atoms with E-state index in [1.165, 1.54) is 12.1 Å². The number of nitrogen functional groups attached to an aromatic ring is 1. The van der Waals surface area contributed by atoms with Crippen molar-refractivity contribution in [1.82, 2.24) is 0 Å². The Labute approximate surface area is 129 Å². The van der Waals surface area contributed by atoms with Gasteiger partial charge in [0, 0.05) is 5.69 Å². The molecule has 0 aliphatic heterocycles. The van der Waals surface area contributed by atoms with Crippen molar-refractivity contribution in [3.05, 3.63) is 22.2 Å². The molecule has 6 heteroatoms. The number of nitrogens with two attached hydrogens (primary N) is 1. The third kappa shape index (κ3) is 4.85. The molecule has 4 nitrogen and oxygen atoms in total. The van der Waals surface area contributed by atoms with E-state index in [1.54, 1.807) is 6.92 Å². The highest BCUT2D eigenvalue weighted by molar-refractivity contribution is 6.40. The Kier molecular flexibility index (Phi) is 6.59. The number of amides is 1. The first kappa shape index (κ1) is 17.1. The van der Waals surface area contributed by atoms with Gasteiger partial charge in [-0.15, -0.1) is 0 Å². The van der Waals surface area contributed by atoms with Crippen molar-refractivity contribution in [2.75, 3.05) is 11.1 Å². The number of hydrogen-bond acceptors (Lipinski definition) is 3. The molecule has 0 bridgehead atoms. The molecule has 1 amide bonds. The van der Waals surface area contributed by atoms with Gasteiger partial charge in [-0.3, -0.25) is 4.79 Å². The summed E-state index contributed by atoms with van der Waals surface area (Å²) in [6.45, 7) is 5.70. The molecule has 1 aromatic carbocycles. The summed E-state index contributed by atoms with van der Waals surface area (Å²) in [6.07, 6.45) is 1.35. The Morgan fingerprint density at radius 1 is 1.35 bits per heavy atom. The van der Waals surface area contributed by atoms with E-state index in [0.717, 1.165) is 12.8 Å². The number of carbonyl (C=O) groups is 1. The summed E-state index contributed by atoms with van der Waals surface area (Å²) in [7, 11) is 0. The van der Waals surface area contributed by atoms with Crippen molar-refractivity contribution in [1.29, 1.82) is 0 Å². The predicted molar refractivity (Wildman–Crippen MR) is 84.4 cm³/mol. The summed E-state index contributed by atoms with van der Waals surface area (Å²) < 4.78 is 5.61. The first-order valence-electron chi connectivity index (χ1n) is 6.56. The van der Waals surface area contributed by atoms with Crippen LogP contribution in [0.5, 0.6) is 0 Å². The summed E-state index contributed by atoms with van der Waals surface area (Å²) in [5.74, 6) is -0.290. The molecular weight excluding hydrogens is 299 g/mol. The topological polar surface area (TPSA) is 64.3 Å². The van der Waals surface area contributed by atoms with Crippen LogP contribution >= 0.6 is 23.2 Å². The minimum atomic E-state index is -0.582. The van der Waals surface area contributed by atoms with Gasteiger partial charge in [0.2, 0.25) is 0 Å². The molecule has 0 saturated carbocycles. The Morgan fingerprint density at radius 3 is 2.40 bits per heavy atom. The highest BCUT2D eigenvalue weighted by atomic mass is 35.5. The van der Waals surface area contributed by atoms with Crippen LogP contribution < -0.4 is 11.1 Å². The fourth-order valence-electron chi connectivity index (χ4n) is 1.82. The predicted octanol–water partition coefficient (Wildman–Crippen LogP) is 4.11. The van der Waals surface area contributed by atoms with E-state index in [1.807, 2.05) is 6.92 Å². The van der Waals surface area contributed by atoms with Gasteiger partial charge >= 0.3 is 0 Å². The fourth-order valence-corrected chi connectivity index (χ4v) is 2.42. The zero-order valence-electron chi connectivity index (χ0n) is 11.9. The lowest BCUT2D eigenvalue weighted by molar-refractivity contribution is -0.129. The molecule has 112 valence electrons. The van der Waals surface area contributed by atoms with E-state index in [9.17, 15) is 4.79 Å². The van der Waals surface area contributed by atoms with Crippen LogP contribution in [0.4, 0.5) is 11.4 Å². The van der Waals surface area contributed by atoms with E-state index in [4.69, 9.17) is 33.7 Å². The quantitative estimate of drug-likeness (QED) is 0.776. The second-order valence-corrected chi connectivity index (χ2v) is 5.54. The summed E-state index contributed by atoms with van der Waals surface area (Å²) >= 11 is 12.0. The summed E-state index contributed by atoms with van der Waals surface area (Å²) in [6, 6.07) is 3.07. The number of carbonyl (C=O) groups excluding carboxylic acids is 1. The molecule has 2 atom stereocenters. The van der Waals surface area contributed by atoms with Gasteiger partial charge in [-0.05, 0) is 32.4 Å². The van der Waals surface area contributed by atoms with Gasteiger partial charge in [-0.2, -0.15) is 0 Å². The Morgan fingerprint density at radius 2 is 1.90 bits per heavy atom. The first-order chi connectivity index (χ1) is 9.35. The van der Waals surface area contributed by atoms with E-state index in [0.29, 0.717) is 21.4 Å². The molecule has 0 heterocycles. The lowest BCUT2D eigenvalue weighted by atomic mass is 10.2. The lowest BCUT2D eigenvalue weighted by Gasteiger charge is -2.19. The van der Waals surface area contributed by atoms with Crippen LogP contribution in [0.2, 0.25) is 10.0 Å². The number of nitrogens with one attached hydrogen (secondary N) is 1. The Bertz CT molecular complexity index is 457. The monoisotopic (exact) mass is 318 g/mol. The number of anilines is 2. The van der Waals surface area contributed by atoms with Crippen LogP contribution in [0.3, 0.4) is 0 Å². The standard InChI is InChI=1S/C14H20Cl2N2O2/c1-4-5-8(2)20-9(3)14(19)18-13-11(15)6-10(17)7-12(13)16/h6-9H,4-5,17H2,1-3H3,(H,18,19). The van der Waals surface area contributed by atoms with E-state index >= 15 is 0 Å². The van der Waals surface area contributed by atoms with E-state index in [2.05, 4.69) is 12.2 Å². The molecule has 0 saturated heterocycles. The van der Waals surface area contributed by atoms with Gasteiger partial charge < -0.3 is 15.8 Å². The number of halogens is 2. The maximum Gasteiger partial charge on any atom is 0.253 e. The minimum Gasteiger partial charge on any atom is -0.399 e. The number of benzene rings is 1. The summed E-state index contributed by atoms with van der Waals surface area (Å²) in [5.41, 5.74) is 6.41. The molecule has 0 aliphatic carbocycles. The van der Waals surface area contributed by atoms with Crippen molar-refractivity contribution >= 4 is 40.5 Å². The Balaban J connectivity index is 2.71. The maximum absolute atomic E-state index is 12.1. The molecule has 0 fully saturated rings. The molecule has 0 aliphatic rings. The van der Waals surface area contributed by atoms with Crippen molar-refractivity contribution in [2.45, 2.75) is 45.8 Å². The molecule has 1 aromatic rings. The van der Waals surface area contributed by atoms with E-state index < -0.39 is 6.10 Å². The van der Waals surface area contributed by atoms with Crippen LogP contribution in [0.15, 0.2) is 12.1 Å². The zero-order valence-corrected chi connectivity index (χ0v) is 13.4. The number of hydrogen-bond donors (Lipinski definition) is 2. The summed E-state index contributed by atoms with van der Waals surface area (Å²) in [4.78, 5) is 12.1. The molecule has 20 heavy (non-hydrogen) atoms.